The van der Waals surface area contributed by atoms with Crippen molar-refractivity contribution in [2.24, 2.45) is 7.05 Å². The van der Waals surface area contributed by atoms with E-state index >= 15 is 0 Å². The molecular formula is C14H17ClN2O2. The van der Waals surface area contributed by atoms with Crippen molar-refractivity contribution in [1.82, 2.24) is 9.55 Å². The van der Waals surface area contributed by atoms with Crippen molar-refractivity contribution in [2.45, 2.75) is 26.2 Å². The lowest BCUT2D eigenvalue weighted by Crippen LogP contribution is -2.18. The Bertz CT molecular complexity index is 607. The van der Waals surface area contributed by atoms with Crippen molar-refractivity contribution in [3.63, 3.8) is 0 Å². The molecule has 0 saturated heterocycles. The Kier molecular flexibility index (Phi) is 4.10. The Morgan fingerprint density at radius 3 is 2.79 bits per heavy atom. The lowest BCUT2D eigenvalue weighted by molar-refractivity contribution is -0.145. The Balaban J connectivity index is 2.52. The molecule has 19 heavy (non-hydrogen) atoms. The van der Waals surface area contributed by atoms with Crippen LogP contribution in [-0.4, -0.2) is 22.1 Å². The Morgan fingerprint density at radius 1 is 1.47 bits per heavy atom. The predicted octanol–water partition coefficient (Wildman–Crippen LogP) is 3.28. The van der Waals surface area contributed by atoms with Crippen LogP contribution >= 0.6 is 11.6 Å². The molecule has 0 amide bonds. The molecule has 0 saturated carbocycles. The highest BCUT2D eigenvalue weighted by molar-refractivity contribution is 6.35. The fraction of sp³-hybridized carbons (Fsp3) is 0.429. The minimum Gasteiger partial charge on any atom is -0.465 e. The largest absolute Gasteiger partial charge is 0.465 e. The molecule has 1 aromatic carbocycles. The molecular weight excluding hydrogens is 264 g/mol. The van der Waals surface area contributed by atoms with Crippen molar-refractivity contribution in [3.05, 3.63) is 29.0 Å². The van der Waals surface area contributed by atoms with Crippen molar-refractivity contribution in [3.8, 4) is 0 Å². The Morgan fingerprint density at radius 2 is 2.21 bits per heavy atom. The van der Waals surface area contributed by atoms with E-state index in [2.05, 4.69) is 4.98 Å². The summed E-state index contributed by atoms with van der Waals surface area (Å²) in [6.07, 6.45) is 0.646. The van der Waals surface area contributed by atoms with Crippen LogP contribution in [0.15, 0.2) is 18.2 Å². The molecule has 0 bridgehead atoms. The van der Waals surface area contributed by atoms with E-state index in [1.54, 1.807) is 6.92 Å². The van der Waals surface area contributed by atoms with Gasteiger partial charge in [0.1, 0.15) is 11.7 Å². The number of carbonyl (C=O) groups excluding carboxylic acids is 1. The second-order valence-electron chi connectivity index (χ2n) is 4.35. The standard InChI is InChI=1S/C14H17ClN2O2/c1-4-9(14(18)19-5-2)13-16-11-8-6-7-10(15)12(11)17(13)3/h6-9H,4-5H2,1-3H3. The van der Waals surface area contributed by atoms with E-state index in [1.165, 1.54) is 0 Å². The maximum Gasteiger partial charge on any atom is 0.316 e. The third kappa shape index (κ3) is 2.45. The van der Waals surface area contributed by atoms with Gasteiger partial charge in [-0.2, -0.15) is 0 Å². The fourth-order valence-electron chi connectivity index (χ4n) is 2.25. The zero-order valence-electron chi connectivity index (χ0n) is 11.3. The van der Waals surface area contributed by atoms with Gasteiger partial charge in [-0.05, 0) is 25.5 Å². The van der Waals surface area contributed by atoms with Gasteiger partial charge in [0.2, 0.25) is 0 Å². The van der Waals surface area contributed by atoms with E-state index in [0.29, 0.717) is 23.9 Å². The summed E-state index contributed by atoms with van der Waals surface area (Å²) in [7, 11) is 1.87. The van der Waals surface area contributed by atoms with Gasteiger partial charge in [0, 0.05) is 7.05 Å². The summed E-state index contributed by atoms with van der Waals surface area (Å²) in [5.41, 5.74) is 1.65. The topological polar surface area (TPSA) is 44.1 Å². The maximum absolute atomic E-state index is 12.0. The van der Waals surface area contributed by atoms with Crippen LogP contribution in [0.3, 0.4) is 0 Å². The summed E-state index contributed by atoms with van der Waals surface area (Å²) in [6.45, 7) is 4.12. The molecule has 0 aliphatic heterocycles. The average molecular weight is 281 g/mol. The zero-order chi connectivity index (χ0) is 14.0. The number of esters is 1. The van der Waals surface area contributed by atoms with Crippen LogP contribution in [-0.2, 0) is 16.6 Å². The number of benzene rings is 1. The highest BCUT2D eigenvalue weighted by Crippen LogP contribution is 2.28. The number of hydrogen-bond acceptors (Lipinski definition) is 3. The molecule has 2 rings (SSSR count). The molecule has 1 unspecified atom stereocenters. The van der Waals surface area contributed by atoms with E-state index in [1.807, 2.05) is 36.7 Å². The van der Waals surface area contributed by atoms with Gasteiger partial charge >= 0.3 is 5.97 Å². The number of nitrogens with zero attached hydrogens (tertiary/aromatic N) is 2. The van der Waals surface area contributed by atoms with E-state index < -0.39 is 0 Å². The third-order valence-corrected chi connectivity index (χ3v) is 3.48. The highest BCUT2D eigenvalue weighted by atomic mass is 35.5. The summed E-state index contributed by atoms with van der Waals surface area (Å²) in [4.78, 5) is 16.5. The Labute approximate surface area is 117 Å². The second-order valence-corrected chi connectivity index (χ2v) is 4.76. The van der Waals surface area contributed by atoms with Gasteiger partial charge in [-0.1, -0.05) is 24.6 Å². The number of halogens is 1. The first kappa shape index (κ1) is 13.9. The quantitative estimate of drug-likeness (QED) is 0.807. The van der Waals surface area contributed by atoms with Crippen molar-refractivity contribution >= 4 is 28.6 Å². The van der Waals surface area contributed by atoms with Crippen LogP contribution in [0, 0.1) is 0 Å². The first-order valence-electron chi connectivity index (χ1n) is 6.37. The van der Waals surface area contributed by atoms with Crippen molar-refractivity contribution < 1.29 is 9.53 Å². The molecule has 0 aliphatic rings. The second kappa shape index (κ2) is 5.61. The molecule has 0 N–H and O–H groups in total. The van der Waals surface area contributed by atoms with Crippen LogP contribution in [0.4, 0.5) is 0 Å². The van der Waals surface area contributed by atoms with E-state index in [-0.39, 0.29) is 11.9 Å². The van der Waals surface area contributed by atoms with Crippen LogP contribution < -0.4 is 0 Å². The van der Waals surface area contributed by atoms with Crippen LogP contribution in [0.1, 0.15) is 32.0 Å². The van der Waals surface area contributed by atoms with Gasteiger partial charge in [-0.3, -0.25) is 4.79 Å². The molecule has 0 fully saturated rings. The van der Waals surface area contributed by atoms with Crippen molar-refractivity contribution in [2.75, 3.05) is 6.61 Å². The first-order chi connectivity index (χ1) is 9.10. The summed E-state index contributed by atoms with van der Waals surface area (Å²) >= 11 is 6.19. The molecule has 5 heteroatoms. The molecule has 0 aliphatic carbocycles. The van der Waals surface area contributed by atoms with Gasteiger partial charge < -0.3 is 9.30 Å². The molecule has 1 aromatic heterocycles. The molecule has 0 spiro atoms. The van der Waals surface area contributed by atoms with Crippen LogP contribution in [0.25, 0.3) is 11.0 Å². The minimum absolute atomic E-state index is 0.237. The number of imidazole rings is 1. The number of rotatable bonds is 4. The summed E-state index contributed by atoms with van der Waals surface area (Å²) in [6, 6.07) is 5.57. The molecule has 102 valence electrons. The van der Waals surface area contributed by atoms with E-state index in [0.717, 1.165) is 11.0 Å². The van der Waals surface area contributed by atoms with Gasteiger partial charge in [0.15, 0.2) is 0 Å². The highest BCUT2D eigenvalue weighted by Gasteiger charge is 2.25. The monoisotopic (exact) mass is 280 g/mol. The number of carbonyl (C=O) groups is 1. The minimum atomic E-state index is -0.353. The lowest BCUT2D eigenvalue weighted by atomic mass is 10.1. The predicted molar refractivity (Wildman–Crippen MR) is 75.4 cm³/mol. The Hall–Kier alpha value is -1.55. The fourth-order valence-corrected chi connectivity index (χ4v) is 2.54. The zero-order valence-corrected chi connectivity index (χ0v) is 12.1. The molecule has 1 heterocycles. The molecule has 1 atom stereocenters. The van der Waals surface area contributed by atoms with Crippen molar-refractivity contribution in [1.29, 1.82) is 0 Å². The van der Waals surface area contributed by atoms with E-state index in [9.17, 15) is 4.79 Å². The number of ether oxygens (including phenoxy) is 1. The number of hydrogen-bond donors (Lipinski definition) is 0. The SMILES string of the molecule is CCOC(=O)C(CC)c1nc2cccc(Cl)c2n1C. The molecule has 0 radical (unpaired) electrons. The summed E-state index contributed by atoms with van der Waals surface area (Å²) < 4.78 is 6.98. The summed E-state index contributed by atoms with van der Waals surface area (Å²) in [5.74, 6) is 0.108. The van der Waals surface area contributed by atoms with Gasteiger partial charge in [0.25, 0.3) is 0 Å². The molecule has 4 nitrogen and oxygen atoms in total. The van der Waals surface area contributed by atoms with Crippen LogP contribution in [0.2, 0.25) is 5.02 Å². The van der Waals surface area contributed by atoms with Gasteiger partial charge in [0.05, 0.1) is 22.7 Å². The van der Waals surface area contributed by atoms with Gasteiger partial charge in [-0.25, -0.2) is 4.98 Å². The summed E-state index contributed by atoms with van der Waals surface area (Å²) in [5, 5.41) is 0.637. The number of fused-ring (bicyclic) bond motifs is 1. The lowest BCUT2D eigenvalue weighted by Gasteiger charge is -2.13. The number of para-hydroxylation sites is 1. The molecule has 2 aromatic rings. The smallest absolute Gasteiger partial charge is 0.316 e. The number of aryl methyl sites for hydroxylation is 1. The number of aromatic nitrogens is 2. The van der Waals surface area contributed by atoms with Crippen LogP contribution in [0.5, 0.6) is 0 Å². The first-order valence-corrected chi connectivity index (χ1v) is 6.75. The van der Waals surface area contributed by atoms with Gasteiger partial charge in [-0.15, -0.1) is 0 Å². The average Bonchev–Trinajstić information content (AvgIpc) is 2.70. The normalized spacial score (nSPS) is 12.6. The third-order valence-electron chi connectivity index (χ3n) is 3.17. The van der Waals surface area contributed by atoms with E-state index in [4.69, 9.17) is 16.3 Å². The maximum atomic E-state index is 12.0.